The van der Waals surface area contributed by atoms with E-state index in [2.05, 4.69) is 0 Å². The van der Waals surface area contributed by atoms with Gasteiger partial charge in [0.1, 0.15) is 0 Å². The van der Waals surface area contributed by atoms with Crippen molar-refractivity contribution in [2.45, 2.75) is 37.8 Å². The Morgan fingerprint density at radius 1 is 1.41 bits per heavy atom. The van der Waals surface area contributed by atoms with Crippen LogP contribution in [-0.2, 0) is 11.2 Å². The highest BCUT2D eigenvalue weighted by Crippen LogP contribution is 2.29. The molecule has 0 spiro atoms. The molecular formula is C13H17F2NO. The molecule has 1 fully saturated rings. The maximum Gasteiger partial charge on any atom is 0.159 e. The lowest BCUT2D eigenvalue weighted by molar-refractivity contribution is -0.000923. The van der Waals surface area contributed by atoms with Gasteiger partial charge in [-0.05, 0) is 43.9 Å². The highest BCUT2D eigenvalue weighted by Gasteiger charge is 2.36. The van der Waals surface area contributed by atoms with Crippen molar-refractivity contribution in [3.8, 4) is 0 Å². The van der Waals surface area contributed by atoms with Crippen LogP contribution in [0.15, 0.2) is 18.2 Å². The quantitative estimate of drug-likeness (QED) is 0.882. The van der Waals surface area contributed by atoms with E-state index in [0.717, 1.165) is 25.5 Å². The van der Waals surface area contributed by atoms with Crippen molar-refractivity contribution in [3.63, 3.8) is 0 Å². The molecule has 1 aromatic rings. The standard InChI is InChI=1S/C13H17F2NO/c1-13(5-2-6-17-13)12(16)8-9-3-4-10(14)11(15)7-9/h3-4,7,12H,2,5-6,8,16H2,1H3. The van der Waals surface area contributed by atoms with Crippen LogP contribution in [0.1, 0.15) is 25.3 Å². The summed E-state index contributed by atoms with van der Waals surface area (Å²) in [5, 5.41) is 0. The Morgan fingerprint density at radius 3 is 2.76 bits per heavy atom. The molecule has 4 heteroatoms. The van der Waals surface area contributed by atoms with E-state index in [1.807, 2.05) is 6.92 Å². The van der Waals surface area contributed by atoms with E-state index in [4.69, 9.17) is 10.5 Å². The van der Waals surface area contributed by atoms with E-state index in [-0.39, 0.29) is 11.6 Å². The highest BCUT2D eigenvalue weighted by atomic mass is 19.2. The Balaban J connectivity index is 2.07. The molecule has 0 aromatic heterocycles. The Kier molecular flexibility index (Phi) is 3.45. The lowest BCUT2D eigenvalue weighted by Gasteiger charge is -2.30. The van der Waals surface area contributed by atoms with Crippen LogP contribution in [0.25, 0.3) is 0 Å². The van der Waals surface area contributed by atoms with Gasteiger partial charge in [-0.25, -0.2) is 8.78 Å². The van der Waals surface area contributed by atoms with Crippen LogP contribution in [0, 0.1) is 11.6 Å². The molecule has 1 aliphatic rings. The van der Waals surface area contributed by atoms with E-state index in [1.165, 1.54) is 6.07 Å². The first-order valence-electron chi connectivity index (χ1n) is 5.85. The van der Waals surface area contributed by atoms with Gasteiger partial charge in [-0.2, -0.15) is 0 Å². The summed E-state index contributed by atoms with van der Waals surface area (Å²) in [6.45, 7) is 2.70. The van der Waals surface area contributed by atoms with Gasteiger partial charge in [-0.15, -0.1) is 0 Å². The van der Waals surface area contributed by atoms with Crippen molar-refractivity contribution < 1.29 is 13.5 Å². The summed E-state index contributed by atoms with van der Waals surface area (Å²) in [5.74, 6) is -1.65. The van der Waals surface area contributed by atoms with E-state index < -0.39 is 11.6 Å². The molecule has 2 rings (SSSR count). The molecule has 0 radical (unpaired) electrons. The number of nitrogens with two attached hydrogens (primary N) is 1. The average molecular weight is 241 g/mol. The predicted octanol–water partition coefficient (Wildman–Crippen LogP) is 2.40. The molecule has 2 atom stereocenters. The van der Waals surface area contributed by atoms with Crippen molar-refractivity contribution in [2.75, 3.05) is 6.61 Å². The topological polar surface area (TPSA) is 35.2 Å². The van der Waals surface area contributed by atoms with Crippen LogP contribution in [0.4, 0.5) is 8.78 Å². The van der Waals surface area contributed by atoms with Crippen LogP contribution in [0.3, 0.4) is 0 Å². The minimum absolute atomic E-state index is 0.199. The molecule has 1 aromatic carbocycles. The maximum absolute atomic E-state index is 13.1. The Labute approximate surface area is 99.8 Å². The fraction of sp³-hybridized carbons (Fsp3) is 0.538. The SMILES string of the molecule is CC1(C(N)Cc2ccc(F)c(F)c2)CCCO1. The first kappa shape index (κ1) is 12.5. The van der Waals surface area contributed by atoms with Crippen LogP contribution in [-0.4, -0.2) is 18.2 Å². The Bertz CT molecular complexity index is 402. The molecule has 1 saturated heterocycles. The summed E-state index contributed by atoms with van der Waals surface area (Å²) in [6.07, 6.45) is 2.41. The Hall–Kier alpha value is -1.00. The maximum atomic E-state index is 13.1. The highest BCUT2D eigenvalue weighted by molar-refractivity contribution is 5.19. The summed E-state index contributed by atoms with van der Waals surface area (Å²) in [4.78, 5) is 0. The summed E-state index contributed by atoms with van der Waals surface area (Å²) in [5.41, 5.74) is 6.45. The van der Waals surface area contributed by atoms with Crippen molar-refractivity contribution in [1.29, 1.82) is 0 Å². The average Bonchev–Trinajstić information content (AvgIpc) is 2.72. The lowest BCUT2D eigenvalue weighted by atomic mass is 9.89. The summed E-state index contributed by atoms with van der Waals surface area (Å²) >= 11 is 0. The van der Waals surface area contributed by atoms with Crippen molar-refractivity contribution in [3.05, 3.63) is 35.4 Å². The molecule has 1 heterocycles. The van der Waals surface area contributed by atoms with Gasteiger partial charge in [0, 0.05) is 12.6 Å². The zero-order valence-electron chi connectivity index (χ0n) is 9.88. The first-order chi connectivity index (χ1) is 8.01. The molecule has 94 valence electrons. The summed E-state index contributed by atoms with van der Waals surface area (Å²) < 4.78 is 31.5. The van der Waals surface area contributed by atoms with Gasteiger partial charge in [-0.1, -0.05) is 6.07 Å². The second-order valence-corrected chi connectivity index (χ2v) is 4.82. The third kappa shape index (κ3) is 2.64. The molecule has 0 aliphatic carbocycles. The molecule has 2 N–H and O–H groups in total. The van der Waals surface area contributed by atoms with E-state index in [9.17, 15) is 8.78 Å². The van der Waals surface area contributed by atoms with Gasteiger partial charge in [0.2, 0.25) is 0 Å². The van der Waals surface area contributed by atoms with E-state index in [0.29, 0.717) is 12.0 Å². The van der Waals surface area contributed by atoms with Gasteiger partial charge in [0.05, 0.1) is 5.60 Å². The molecule has 1 aliphatic heterocycles. The molecule has 0 saturated carbocycles. The van der Waals surface area contributed by atoms with Gasteiger partial charge in [0.15, 0.2) is 11.6 Å². The van der Waals surface area contributed by atoms with Crippen LogP contribution < -0.4 is 5.73 Å². The summed E-state index contributed by atoms with van der Waals surface area (Å²) in [7, 11) is 0. The second-order valence-electron chi connectivity index (χ2n) is 4.82. The van der Waals surface area contributed by atoms with Crippen LogP contribution in [0.2, 0.25) is 0 Å². The van der Waals surface area contributed by atoms with Crippen molar-refractivity contribution in [2.24, 2.45) is 5.73 Å². The second kappa shape index (κ2) is 4.70. The zero-order chi connectivity index (χ0) is 12.5. The van der Waals surface area contributed by atoms with Gasteiger partial charge in [-0.3, -0.25) is 0 Å². The third-order valence-electron chi connectivity index (χ3n) is 3.47. The van der Waals surface area contributed by atoms with Gasteiger partial charge >= 0.3 is 0 Å². The normalized spacial score (nSPS) is 26.1. The first-order valence-corrected chi connectivity index (χ1v) is 5.85. The number of benzene rings is 1. The van der Waals surface area contributed by atoms with E-state index >= 15 is 0 Å². The van der Waals surface area contributed by atoms with E-state index in [1.54, 1.807) is 6.07 Å². The number of rotatable bonds is 3. The molecule has 0 bridgehead atoms. The summed E-state index contributed by atoms with van der Waals surface area (Å²) in [6, 6.07) is 3.70. The van der Waals surface area contributed by atoms with Crippen LogP contribution >= 0.6 is 0 Å². The largest absolute Gasteiger partial charge is 0.374 e. The number of ether oxygens (including phenoxy) is 1. The smallest absolute Gasteiger partial charge is 0.159 e. The molecule has 2 nitrogen and oxygen atoms in total. The fourth-order valence-corrected chi connectivity index (χ4v) is 2.23. The Morgan fingerprint density at radius 2 is 2.18 bits per heavy atom. The van der Waals surface area contributed by atoms with Crippen molar-refractivity contribution in [1.82, 2.24) is 0 Å². The van der Waals surface area contributed by atoms with Gasteiger partial charge < -0.3 is 10.5 Å². The number of halogens is 2. The number of hydrogen-bond acceptors (Lipinski definition) is 2. The monoisotopic (exact) mass is 241 g/mol. The minimum Gasteiger partial charge on any atom is -0.374 e. The molecule has 0 amide bonds. The number of hydrogen-bond donors (Lipinski definition) is 1. The molecule has 17 heavy (non-hydrogen) atoms. The zero-order valence-corrected chi connectivity index (χ0v) is 9.88. The minimum atomic E-state index is -0.828. The lowest BCUT2D eigenvalue weighted by Crippen LogP contribution is -2.46. The molecular weight excluding hydrogens is 224 g/mol. The predicted molar refractivity (Wildman–Crippen MR) is 61.6 cm³/mol. The van der Waals surface area contributed by atoms with Crippen LogP contribution in [0.5, 0.6) is 0 Å². The fourth-order valence-electron chi connectivity index (χ4n) is 2.23. The van der Waals surface area contributed by atoms with Gasteiger partial charge in [0.25, 0.3) is 0 Å². The van der Waals surface area contributed by atoms with Crippen molar-refractivity contribution >= 4 is 0 Å². The molecule has 2 unspecified atom stereocenters. The third-order valence-corrected chi connectivity index (χ3v) is 3.47.